The van der Waals surface area contributed by atoms with Crippen molar-refractivity contribution in [2.45, 2.75) is 18.3 Å². The van der Waals surface area contributed by atoms with Crippen LogP contribution in [-0.2, 0) is 10.2 Å². The number of halogens is 2. The average molecular weight is 381 g/mol. The van der Waals surface area contributed by atoms with Gasteiger partial charge < -0.3 is 15.0 Å². The largest absolute Gasteiger partial charge is 0.381 e. The number of nitrogens with zero attached hydrogens (tertiary/aromatic N) is 2. The monoisotopic (exact) mass is 379 g/mol. The molecule has 0 saturated carbocycles. The van der Waals surface area contributed by atoms with Crippen molar-refractivity contribution in [3.63, 3.8) is 0 Å². The fourth-order valence-corrected chi connectivity index (χ4v) is 3.59. The third-order valence-corrected chi connectivity index (χ3v) is 5.20. The molecule has 0 atom stereocenters. The Bertz CT molecular complexity index is 569. The lowest BCUT2D eigenvalue weighted by atomic mass is 9.80. The van der Waals surface area contributed by atoms with Gasteiger partial charge in [-0.25, -0.2) is 0 Å². The topological polar surface area (TPSA) is 74.2 Å². The molecule has 0 amide bonds. The second-order valence-corrected chi connectivity index (χ2v) is 6.48. The maximum atomic E-state index is 5.93. The minimum atomic E-state index is -0.224. The maximum absolute atomic E-state index is 5.93. The summed E-state index contributed by atoms with van der Waals surface area (Å²) in [4.78, 5) is 5.52. The second-order valence-electron chi connectivity index (χ2n) is 4.65. The molecule has 20 heavy (non-hydrogen) atoms. The highest BCUT2D eigenvalue weighted by molar-refractivity contribution is 9.10. The van der Waals surface area contributed by atoms with Crippen LogP contribution >= 0.6 is 39.7 Å². The fourth-order valence-electron chi connectivity index (χ4n) is 2.24. The summed E-state index contributed by atoms with van der Waals surface area (Å²) in [6.45, 7) is 1.89. The number of thiophene rings is 1. The molecule has 1 aliphatic heterocycles. The van der Waals surface area contributed by atoms with Gasteiger partial charge in [0, 0.05) is 29.6 Å². The van der Waals surface area contributed by atoms with Crippen molar-refractivity contribution in [1.82, 2.24) is 10.1 Å². The van der Waals surface area contributed by atoms with E-state index in [1.165, 1.54) is 0 Å². The molecule has 0 aliphatic carbocycles. The molecule has 2 aromatic rings. The summed E-state index contributed by atoms with van der Waals surface area (Å²) < 4.78 is 11.9. The predicted octanol–water partition coefficient (Wildman–Crippen LogP) is 2.99. The van der Waals surface area contributed by atoms with Gasteiger partial charge in [0.25, 0.3) is 0 Å². The van der Waals surface area contributed by atoms with Crippen LogP contribution in [0.25, 0.3) is 10.7 Å². The van der Waals surface area contributed by atoms with Gasteiger partial charge in [-0.3, -0.25) is 0 Å². The zero-order valence-corrected chi connectivity index (χ0v) is 13.9. The summed E-state index contributed by atoms with van der Waals surface area (Å²) in [7, 11) is 0. The van der Waals surface area contributed by atoms with Gasteiger partial charge in [-0.1, -0.05) is 5.16 Å². The molecule has 1 aliphatic rings. The first kappa shape index (κ1) is 15.9. The summed E-state index contributed by atoms with van der Waals surface area (Å²) in [6.07, 6.45) is 1.67. The molecule has 0 spiro atoms. The molecule has 5 nitrogen and oxygen atoms in total. The van der Waals surface area contributed by atoms with E-state index in [0.717, 1.165) is 22.2 Å². The first-order chi connectivity index (χ1) is 9.23. The second kappa shape index (κ2) is 6.53. The maximum Gasteiger partial charge on any atom is 0.234 e. The zero-order valence-electron chi connectivity index (χ0n) is 10.7. The van der Waals surface area contributed by atoms with Crippen molar-refractivity contribution in [1.29, 1.82) is 0 Å². The minimum Gasteiger partial charge on any atom is -0.381 e. The molecule has 3 rings (SSSR count). The van der Waals surface area contributed by atoms with Crippen molar-refractivity contribution in [3.8, 4) is 10.7 Å². The summed E-state index contributed by atoms with van der Waals surface area (Å²) in [5, 5.41) is 6.07. The van der Waals surface area contributed by atoms with Gasteiger partial charge in [0.2, 0.25) is 11.7 Å². The van der Waals surface area contributed by atoms with E-state index in [9.17, 15) is 0 Å². The van der Waals surface area contributed by atoms with E-state index in [0.29, 0.717) is 31.5 Å². The van der Waals surface area contributed by atoms with Crippen LogP contribution in [0.3, 0.4) is 0 Å². The highest BCUT2D eigenvalue weighted by Gasteiger charge is 2.38. The summed E-state index contributed by atoms with van der Waals surface area (Å²) in [6, 6.07) is 1.98. The Morgan fingerprint density at radius 1 is 1.40 bits per heavy atom. The average Bonchev–Trinajstić information content (AvgIpc) is 3.08. The van der Waals surface area contributed by atoms with Crippen LogP contribution < -0.4 is 5.73 Å². The first-order valence-corrected chi connectivity index (χ1v) is 7.77. The van der Waals surface area contributed by atoms with Crippen LogP contribution in [0.5, 0.6) is 0 Å². The highest BCUT2D eigenvalue weighted by atomic mass is 79.9. The number of nitrogens with two attached hydrogens (primary N) is 1. The van der Waals surface area contributed by atoms with Gasteiger partial charge in [0.15, 0.2) is 0 Å². The summed E-state index contributed by atoms with van der Waals surface area (Å²) in [5.41, 5.74) is 5.71. The van der Waals surface area contributed by atoms with E-state index < -0.39 is 0 Å². The lowest BCUT2D eigenvalue weighted by Gasteiger charge is -2.32. The van der Waals surface area contributed by atoms with Crippen molar-refractivity contribution >= 4 is 39.7 Å². The van der Waals surface area contributed by atoms with E-state index in [-0.39, 0.29) is 17.8 Å². The van der Waals surface area contributed by atoms with Gasteiger partial charge in [-0.15, -0.1) is 23.7 Å². The van der Waals surface area contributed by atoms with Gasteiger partial charge in [-0.05, 0) is 34.8 Å². The van der Waals surface area contributed by atoms with Gasteiger partial charge in [-0.2, -0.15) is 4.98 Å². The van der Waals surface area contributed by atoms with Crippen molar-refractivity contribution in [2.24, 2.45) is 5.73 Å². The first-order valence-electron chi connectivity index (χ1n) is 6.10. The minimum absolute atomic E-state index is 0. The number of hydrogen-bond acceptors (Lipinski definition) is 6. The Morgan fingerprint density at radius 3 is 2.75 bits per heavy atom. The van der Waals surface area contributed by atoms with Crippen LogP contribution in [0, 0.1) is 0 Å². The third kappa shape index (κ3) is 2.92. The number of rotatable bonds is 3. The Labute approximate surface area is 135 Å². The number of aromatic nitrogens is 2. The molecule has 1 fully saturated rings. The molecular formula is C12H15BrClN3O2S. The van der Waals surface area contributed by atoms with Gasteiger partial charge in [0.05, 0.1) is 10.3 Å². The van der Waals surface area contributed by atoms with E-state index in [2.05, 4.69) is 26.1 Å². The smallest absolute Gasteiger partial charge is 0.234 e. The van der Waals surface area contributed by atoms with E-state index >= 15 is 0 Å². The third-order valence-electron chi connectivity index (χ3n) is 3.51. The van der Waals surface area contributed by atoms with Gasteiger partial charge >= 0.3 is 0 Å². The summed E-state index contributed by atoms with van der Waals surface area (Å²) >= 11 is 5.01. The molecule has 0 bridgehead atoms. The quantitative estimate of drug-likeness (QED) is 0.886. The Kier molecular flexibility index (Phi) is 5.19. The van der Waals surface area contributed by atoms with E-state index in [1.807, 2.05) is 11.4 Å². The van der Waals surface area contributed by atoms with Crippen LogP contribution in [-0.4, -0.2) is 29.9 Å². The highest BCUT2D eigenvalue weighted by Crippen LogP contribution is 2.35. The van der Waals surface area contributed by atoms with Crippen LogP contribution in [0.1, 0.15) is 18.7 Å². The molecule has 0 aromatic carbocycles. The number of hydrogen-bond donors (Lipinski definition) is 1. The normalized spacial score (nSPS) is 17.7. The van der Waals surface area contributed by atoms with Crippen molar-refractivity contribution < 1.29 is 9.26 Å². The van der Waals surface area contributed by atoms with Gasteiger partial charge in [0.1, 0.15) is 0 Å². The van der Waals surface area contributed by atoms with Crippen LogP contribution in [0.4, 0.5) is 0 Å². The lowest BCUT2D eigenvalue weighted by molar-refractivity contribution is 0.0409. The fraction of sp³-hybridized carbons (Fsp3) is 0.500. The number of ether oxygens (including phenoxy) is 1. The Balaban J connectivity index is 0.00000147. The molecule has 2 aromatic heterocycles. The molecule has 0 radical (unpaired) electrons. The predicted molar refractivity (Wildman–Crippen MR) is 83.3 cm³/mol. The molecule has 8 heteroatoms. The molecule has 1 saturated heterocycles. The van der Waals surface area contributed by atoms with E-state index in [1.54, 1.807) is 11.3 Å². The van der Waals surface area contributed by atoms with E-state index in [4.69, 9.17) is 15.0 Å². The molecular weight excluding hydrogens is 366 g/mol. The molecule has 110 valence electrons. The van der Waals surface area contributed by atoms with Crippen LogP contribution in [0.2, 0.25) is 0 Å². The summed E-state index contributed by atoms with van der Waals surface area (Å²) in [5.74, 6) is 1.27. The molecule has 3 heterocycles. The Morgan fingerprint density at radius 2 is 2.15 bits per heavy atom. The zero-order chi connectivity index (χ0) is 13.3. The molecule has 2 N–H and O–H groups in total. The SMILES string of the molecule is Cl.NCC1(c2nc(-c3cc(Br)cs3)no2)CCOCC1. The van der Waals surface area contributed by atoms with Crippen molar-refractivity contribution in [3.05, 3.63) is 21.8 Å². The lowest BCUT2D eigenvalue weighted by Crippen LogP contribution is -2.40. The Hall–Kier alpha value is -0.470. The van der Waals surface area contributed by atoms with Crippen LogP contribution in [0.15, 0.2) is 20.4 Å². The van der Waals surface area contributed by atoms with Crippen molar-refractivity contribution in [2.75, 3.05) is 19.8 Å². The standard InChI is InChI=1S/C12H14BrN3O2S.ClH/c13-8-5-9(19-6-8)10-15-11(18-16-10)12(7-14)1-3-17-4-2-12;/h5-6H,1-4,7,14H2;1H. The molecule has 0 unspecified atom stereocenters.